The molecule has 0 spiro atoms. The van der Waals surface area contributed by atoms with E-state index in [-0.39, 0.29) is 0 Å². The first-order chi connectivity index (χ1) is 25.1. The van der Waals surface area contributed by atoms with Crippen molar-refractivity contribution in [1.29, 1.82) is 5.26 Å². The van der Waals surface area contributed by atoms with Crippen molar-refractivity contribution in [2.45, 2.75) is 24.5 Å². The summed E-state index contributed by atoms with van der Waals surface area (Å²) in [5.41, 5.74) is 11.3. The highest BCUT2D eigenvalue weighted by Crippen LogP contribution is 2.57. The maximum absolute atomic E-state index is 10.2. The molecule has 0 saturated carbocycles. The Balaban J connectivity index is 1.24. The van der Waals surface area contributed by atoms with E-state index in [1.807, 2.05) is 36.0 Å². The van der Waals surface area contributed by atoms with Gasteiger partial charge in [-0.05, 0) is 96.1 Å². The molecule has 0 saturated heterocycles. The second kappa shape index (κ2) is 12.7. The summed E-state index contributed by atoms with van der Waals surface area (Å²) >= 11 is 5.29. The van der Waals surface area contributed by atoms with Gasteiger partial charge in [-0.15, -0.1) is 0 Å². The number of benzene rings is 6. The quantitative estimate of drug-likeness (QED) is 0.176. The largest absolute Gasteiger partial charge is 0.343 e. The van der Waals surface area contributed by atoms with Crippen LogP contribution in [0.1, 0.15) is 5.56 Å². The molecule has 0 aromatic heterocycles. The zero-order chi connectivity index (χ0) is 34.6. The molecule has 3 aliphatic rings. The summed E-state index contributed by atoms with van der Waals surface area (Å²) in [5, 5.41) is 10.2. The van der Waals surface area contributed by atoms with Crippen molar-refractivity contribution < 1.29 is 0 Å². The molecule has 7 heteroatoms. The third-order valence-electron chi connectivity index (χ3n) is 9.41. The van der Waals surface area contributed by atoms with Crippen LogP contribution in [-0.4, -0.2) is 7.05 Å². The number of fused-ring (bicyclic) bond motifs is 5. The third-order valence-corrected chi connectivity index (χ3v) is 12.8. The molecule has 0 radical (unpaired) electrons. The van der Waals surface area contributed by atoms with E-state index in [1.165, 1.54) is 26.1 Å². The molecule has 6 aromatic rings. The molecule has 0 atom stereocenters. The Hall–Kier alpha value is -5.52. The van der Waals surface area contributed by atoms with E-state index in [1.54, 1.807) is 23.5 Å². The van der Waals surface area contributed by atoms with Gasteiger partial charge in [-0.25, -0.2) is 0 Å². The van der Waals surface area contributed by atoms with Crippen LogP contribution in [0.2, 0.25) is 0 Å². The van der Waals surface area contributed by atoms with Gasteiger partial charge in [-0.1, -0.05) is 103 Å². The third kappa shape index (κ3) is 5.18. The highest BCUT2D eigenvalue weighted by Gasteiger charge is 2.32. The average molecular weight is 711 g/mol. The van der Waals surface area contributed by atoms with Crippen molar-refractivity contribution in [3.8, 4) is 17.2 Å². The van der Waals surface area contributed by atoms with Crippen LogP contribution >= 0.6 is 35.3 Å². The lowest BCUT2D eigenvalue weighted by atomic mass is 10.0. The fourth-order valence-electron chi connectivity index (χ4n) is 7.01. The van der Waals surface area contributed by atoms with E-state index in [0.29, 0.717) is 5.56 Å². The molecule has 6 aromatic carbocycles. The topological polar surface area (TPSA) is 33.5 Å². The number of anilines is 7. The molecular weight excluding hydrogens is 681 g/mol. The van der Waals surface area contributed by atoms with Gasteiger partial charge in [0.25, 0.3) is 0 Å². The number of nitrogens with zero attached hydrogens (tertiary/aromatic N) is 4. The summed E-state index contributed by atoms with van der Waals surface area (Å²) < 4.78 is 0. The van der Waals surface area contributed by atoms with Crippen LogP contribution < -0.4 is 14.7 Å². The summed E-state index contributed by atoms with van der Waals surface area (Å²) in [6.07, 6.45) is 3.78. The maximum atomic E-state index is 10.2. The lowest BCUT2D eigenvalue weighted by Crippen LogP contribution is -2.23. The normalized spacial score (nSPS) is 14.1. The molecule has 4 nitrogen and oxygen atoms in total. The first-order valence-electron chi connectivity index (χ1n) is 16.5. The van der Waals surface area contributed by atoms with Crippen LogP contribution in [0.4, 0.5) is 39.8 Å². The fraction of sp³-hybridized carbons (Fsp3) is 0.0227. The number of hydrogen-bond acceptors (Lipinski definition) is 7. The van der Waals surface area contributed by atoms with Crippen LogP contribution in [-0.2, 0) is 0 Å². The lowest BCUT2D eigenvalue weighted by molar-refractivity contribution is 1.11. The van der Waals surface area contributed by atoms with Crippen molar-refractivity contribution in [2.24, 2.45) is 0 Å². The second-order valence-electron chi connectivity index (χ2n) is 12.3. The van der Waals surface area contributed by atoms with Gasteiger partial charge < -0.3 is 14.7 Å². The Bertz CT molecular complexity index is 2510. The Morgan fingerprint density at radius 2 is 1.06 bits per heavy atom. The second-order valence-corrected chi connectivity index (χ2v) is 15.5. The van der Waals surface area contributed by atoms with Gasteiger partial charge >= 0.3 is 0 Å². The molecule has 0 N–H and O–H groups in total. The minimum atomic E-state index is 0.583. The minimum Gasteiger partial charge on any atom is -0.343 e. The first-order valence-corrected chi connectivity index (χ1v) is 19.0. The van der Waals surface area contributed by atoms with Crippen LogP contribution in [0.5, 0.6) is 0 Å². The van der Waals surface area contributed by atoms with E-state index in [0.717, 1.165) is 60.0 Å². The predicted octanol–water partition coefficient (Wildman–Crippen LogP) is 13.2. The van der Waals surface area contributed by atoms with E-state index in [9.17, 15) is 5.26 Å². The number of allylic oxidation sites excluding steroid dienone is 2. The van der Waals surface area contributed by atoms with Gasteiger partial charge in [-0.2, -0.15) is 5.26 Å². The Morgan fingerprint density at radius 3 is 1.71 bits per heavy atom. The van der Waals surface area contributed by atoms with Crippen molar-refractivity contribution in [1.82, 2.24) is 0 Å². The van der Waals surface area contributed by atoms with Crippen LogP contribution in [0.3, 0.4) is 0 Å². The number of hydrogen-bond donors (Lipinski definition) is 0. The molecule has 9 rings (SSSR count). The maximum Gasteiger partial charge on any atom is 0.0992 e. The van der Waals surface area contributed by atoms with Gasteiger partial charge in [0.2, 0.25) is 0 Å². The van der Waals surface area contributed by atoms with Gasteiger partial charge in [-0.3, -0.25) is 0 Å². The smallest absolute Gasteiger partial charge is 0.0992 e. The minimum absolute atomic E-state index is 0.583. The zero-order valence-corrected chi connectivity index (χ0v) is 30.2. The van der Waals surface area contributed by atoms with E-state index < -0.39 is 0 Å². The van der Waals surface area contributed by atoms with E-state index in [2.05, 4.69) is 156 Å². The highest BCUT2D eigenvalue weighted by atomic mass is 32.2. The van der Waals surface area contributed by atoms with Crippen molar-refractivity contribution in [2.75, 3.05) is 21.7 Å². The highest BCUT2D eigenvalue weighted by molar-refractivity contribution is 8.03. The molecule has 0 fully saturated rings. The summed E-state index contributed by atoms with van der Waals surface area (Å²) in [4.78, 5) is 13.8. The molecule has 3 heterocycles. The average Bonchev–Trinajstić information content (AvgIpc) is 3.18. The van der Waals surface area contributed by atoms with Gasteiger partial charge in [0, 0.05) is 36.4 Å². The molecule has 51 heavy (non-hydrogen) atoms. The SMILES string of the molecule is C=CC1=C(C=C)N(c2cc(C#N)ccc2N2c3ccccc3Sc3ccc(-c4ccc5c(c4)N(C)c4ccccc4S5)cc32)c2ccccc2S1. The van der Waals surface area contributed by atoms with Crippen molar-refractivity contribution in [3.63, 3.8) is 0 Å². The number of thioether (sulfide) groups is 1. The monoisotopic (exact) mass is 710 g/mol. The molecule has 244 valence electrons. The summed E-state index contributed by atoms with van der Waals surface area (Å²) in [7, 11) is 2.15. The molecule has 3 aliphatic heterocycles. The summed E-state index contributed by atoms with van der Waals surface area (Å²) in [6.45, 7) is 8.38. The van der Waals surface area contributed by atoms with E-state index >= 15 is 0 Å². The Morgan fingerprint density at radius 1 is 0.510 bits per heavy atom. The number of para-hydroxylation sites is 3. The van der Waals surface area contributed by atoms with Gasteiger partial charge in [0.15, 0.2) is 0 Å². The van der Waals surface area contributed by atoms with Crippen LogP contribution in [0, 0.1) is 11.3 Å². The van der Waals surface area contributed by atoms with E-state index in [4.69, 9.17) is 0 Å². The number of rotatable bonds is 5. The Kier molecular flexibility index (Phi) is 7.81. The van der Waals surface area contributed by atoms with Crippen molar-refractivity contribution in [3.05, 3.63) is 169 Å². The van der Waals surface area contributed by atoms with Crippen LogP contribution in [0.25, 0.3) is 11.1 Å². The first kappa shape index (κ1) is 31.5. The number of nitriles is 1. The van der Waals surface area contributed by atoms with Crippen LogP contribution in [0.15, 0.2) is 188 Å². The molecular formula is C44H30N4S3. The molecule has 0 bridgehead atoms. The standard InChI is InChI=1S/C44H30N4S3/c1-4-31-39(5-2)49-41-16-10-7-13-34(41)47(31)36-24-28(27-45)18-21-32(36)48-35-14-8-11-17-42(35)51-44-23-20-30(26-38(44)48)29-19-22-43-37(25-29)46(3)33-12-6-9-15-40(33)50-43/h4-26H,1-2H2,3H3. The predicted molar refractivity (Wildman–Crippen MR) is 216 cm³/mol. The summed E-state index contributed by atoms with van der Waals surface area (Å²) in [5.74, 6) is 0. The lowest BCUT2D eigenvalue weighted by Gasteiger charge is -2.39. The van der Waals surface area contributed by atoms with Gasteiger partial charge in [0.05, 0.1) is 57.1 Å². The van der Waals surface area contributed by atoms with Crippen molar-refractivity contribution >= 4 is 75.1 Å². The molecule has 0 aliphatic carbocycles. The molecule has 0 amide bonds. The zero-order valence-electron chi connectivity index (χ0n) is 27.7. The summed E-state index contributed by atoms with van der Waals surface area (Å²) in [6, 6.07) is 47.5. The fourth-order valence-corrected chi connectivity index (χ4v) is 10.2. The molecule has 0 unspecified atom stereocenters. The van der Waals surface area contributed by atoms with Gasteiger partial charge in [0.1, 0.15) is 0 Å². The Labute approximate surface area is 311 Å².